The monoisotopic (exact) mass is 321 g/mol. The van der Waals surface area contributed by atoms with E-state index in [4.69, 9.17) is 5.73 Å². The van der Waals surface area contributed by atoms with E-state index in [2.05, 4.69) is 36.5 Å². The molecule has 0 aliphatic carbocycles. The topological polar surface area (TPSA) is 92.9 Å². The van der Waals surface area contributed by atoms with Crippen molar-refractivity contribution in [2.24, 2.45) is 0 Å². The second kappa shape index (κ2) is 5.66. The summed E-state index contributed by atoms with van der Waals surface area (Å²) in [5, 5.41) is 5.72. The van der Waals surface area contributed by atoms with E-state index < -0.39 is 0 Å². The van der Waals surface area contributed by atoms with Gasteiger partial charge in [-0.25, -0.2) is 4.98 Å². The lowest BCUT2D eigenvalue weighted by molar-refractivity contribution is -0.114. The standard InChI is InChI=1S/C12H12BrN5O/c1-7(19)15-8-3-2-4-9(5-8)16-12-17-10(13)6-11(14)18-12/h2-6H,1H3,(H,15,19)(H3,14,16,17,18). The van der Waals surface area contributed by atoms with Gasteiger partial charge in [0.2, 0.25) is 11.9 Å². The summed E-state index contributed by atoms with van der Waals surface area (Å²) < 4.78 is 0.598. The Kier molecular flexibility index (Phi) is 3.96. The second-order valence-corrected chi connectivity index (χ2v) is 4.64. The Morgan fingerprint density at radius 1 is 1.26 bits per heavy atom. The molecule has 2 rings (SSSR count). The van der Waals surface area contributed by atoms with Crippen molar-refractivity contribution < 1.29 is 4.79 Å². The van der Waals surface area contributed by atoms with Crippen molar-refractivity contribution in [3.8, 4) is 0 Å². The maximum absolute atomic E-state index is 11.0. The van der Waals surface area contributed by atoms with E-state index in [0.29, 0.717) is 22.1 Å². The van der Waals surface area contributed by atoms with E-state index in [-0.39, 0.29) is 5.91 Å². The molecule has 19 heavy (non-hydrogen) atoms. The Labute approximate surface area is 118 Å². The van der Waals surface area contributed by atoms with E-state index in [9.17, 15) is 4.79 Å². The minimum absolute atomic E-state index is 0.125. The van der Waals surface area contributed by atoms with Crippen molar-refractivity contribution in [3.63, 3.8) is 0 Å². The maximum Gasteiger partial charge on any atom is 0.230 e. The number of rotatable bonds is 3. The highest BCUT2D eigenvalue weighted by atomic mass is 79.9. The molecule has 1 heterocycles. The first kappa shape index (κ1) is 13.3. The lowest BCUT2D eigenvalue weighted by Gasteiger charge is -2.08. The summed E-state index contributed by atoms with van der Waals surface area (Å²) in [5.41, 5.74) is 7.08. The first-order chi connectivity index (χ1) is 9.02. The van der Waals surface area contributed by atoms with Crippen LogP contribution in [0.1, 0.15) is 6.92 Å². The fourth-order valence-electron chi connectivity index (χ4n) is 1.50. The van der Waals surface area contributed by atoms with E-state index in [0.717, 1.165) is 5.69 Å². The van der Waals surface area contributed by atoms with Crippen LogP contribution in [0.3, 0.4) is 0 Å². The quantitative estimate of drug-likeness (QED) is 0.755. The summed E-state index contributed by atoms with van der Waals surface area (Å²) in [4.78, 5) is 19.2. The SMILES string of the molecule is CC(=O)Nc1cccc(Nc2nc(N)cc(Br)n2)c1. The summed E-state index contributed by atoms with van der Waals surface area (Å²) in [6.07, 6.45) is 0. The normalized spacial score (nSPS) is 10.0. The van der Waals surface area contributed by atoms with E-state index in [1.54, 1.807) is 18.2 Å². The number of nitrogens with two attached hydrogens (primary N) is 1. The molecule has 0 unspecified atom stereocenters. The third kappa shape index (κ3) is 3.92. The Morgan fingerprint density at radius 3 is 2.68 bits per heavy atom. The molecule has 1 aromatic carbocycles. The molecule has 0 aliphatic rings. The Morgan fingerprint density at radius 2 is 2.00 bits per heavy atom. The summed E-state index contributed by atoms with van der Waals surface area (Å²) in [6.45, 7) is 1.46. The van der Waals surface area contributed by atoms with Crippen LogP contribution in [-0.2, 0) is 4.79 Å². The predicted octanol–water partition coefficient (Wildman–Crippen LogP) is 2.52. The number of benzene rings is 1. The number of hydrogen-bond acceptors (Lipinski definition) is 5. The minimum atomic E-state index is -0.125. The number of amides is 1. The molecule has 0 bridgehead atoms. The molecule has 0 radical (unpaired) electrons. The number of nitrogens with zero attached hydrogens (tertiary/aromatic N) is 2. The molecule has 1 aromatic heterocycles. The van der Waals surface area contributed by atoms with Gasteiger partial charge in [0.05, 0.1) is 0 Å². The van der Waals surface area contributed by atoms with Crippen LogP contribution in [0.5, 0.6) is 0 Å². The largest absolute Gasteiger partial charge is 0.383 e. The Bertz CT molecular complexity index is 597. The molecule has 7 heteroatoms. The molecule has 98 valence electrons. The van der Waals surface area contributed by atoms with Gasteiger partial charge in [0.25, 0.3) is 0 Å². The van der Waals surface area contributed by atoms with Gasteiger partial charge in [0.1, 0.15) is 10.4 Å². The average molecular weight is 322 g/mol. The number of anilines is 4. The number of halogens is 1. The zero-order chi connectivity index (χ0) is 13.8. The molecule has 0 atom stereocenters. The summed E-state index contributed by atoms with van der Waals surface area (Å²) in [5.74, 6) is 0.620. The van der Waals surface area contributed by atoms with Gasteiger partial charge in [-0.3, -0.25) is 4.79 Å². The van der Waals surface area contributed by atoms with Crippen molar-refractivity contribution in [2.75, 3.05) is 16.4 Å². The van der Waals surface area contributed by atoms with Crippen molar-refractivity contribution in [1.82, 2.24) is 9.97 Å². The molecule has 0 aliphatic heterocycles. The average Bonchev–Trinajstić information content (AvgIpc) is 2.26. The van der Waals surface area contributed by atoms with Crippen molar-refractivity contribution in [3.05, 3.63) is 34.9 Å². The first-order valence-corrected chi connectivity index (χ1v) is 6.27. The lowest BCUT2D eigenvalue weighted by Crippen LogP contribution is -2.06. The number of hydrogen-bond donors (Lipinski definition) is 3. The number of carbonyl (C=O) groups is 1. The minimum Gasteiger partial charge on any atom is -0.383 e. The van der Waals surface area contributed by atoms with Gasteiger partial charge >= 0.3 is 0 Å². The molecule has 0 saturated carbocycles. The Balaban J connectivity index is 2.20. The molecular weight excluding hydrogens is 310 g/mol. The van der Waals surface area contributed by atoms with E-state index in [1.807, 2.05) is 12.1 Å². The second-order valence-electron chi connectivity index (χ2n) is 3.83. The van der Waals surface area contributed by atoms with Gasteiger partial charge in [-0.2, -0.15) is 4.98 Å². The third-order valence-corrected chi connectivity index (χ3v) is 2.56. The highest BCUT2D eigenvalue weighted by molar-refractivity contribution is 9.10. The van der Waals surface area contributed by atoms with Crippen molar-refractivity contribution >= 4 is 45.0 Å². The molecule has 2 aromatic rings. The third-order valence-electron chi connectivity index (χ3n) is 2.15. The van der Waals surface area contributed by atoms with Gasteiger partial charge in [0.15, 0.2) is 0 Å². The van der Waals surface area contributed by atoms with Gasteiger partial charge in [-0.15, -0.1) is 0 Å². The van der Waals surface area contributed by atoms with Gasteiger partial charge in [0, 0.05) is 24.4 Å². The van der Waals surface area contributed by atoms with Crippen LogP contribution in [0, 0.1) is 0 Å². The summed E-state index contributed by atoms with van der Waals surface area (Å²) in [7, 11) is 0. The van der Waals surface area contributed by atoms with Gasteiger partial charge in [-0.05, 0) is 34.1 Å². The fourth-order valence-corrected chi connectivity index (χ4v) is 1.90. The van der Waals surface area contributed by atoms with Crippen LogP contribution in [0.2, 0.25) is 0 Å². The van der Waals surface area contributed by atoms with Crippen molar-refractivity contribution in [1.29, 1.82) is 0 Å². The van der Waals surface area contributed by atoms with Gasteiger partial charge in [-0.1, -0.05) is 6.07 Å². The van der Waals surface area contributed by atoms with E-state index in [1.165, 1.54) is 6.92 Å². The van der Waals surface area contributed by atoms with Crippen LogP contribution < -0.4 is 16.4 Å². The molecule has 0 saturated heterocycles. The summed E-state index contributed by atoms with van der Waals surface area (Å²) >= 11 is 3.25. The Hall–Kier alpha value is -2.15. The molecule has 0 spiro atoms. The highest BCUT2D eigenvalue weighted by Gasteiger charge is 2.02. The molecule has 1 amide bonds. The first-order valence-electron chi connectivity index (χ1n) is 5.47. The van der Waals surface area contributed by atoms with E-state index >= 15 is 0 Å². The number of nitrogen functional groups attached to an aromatic ring is 1. The zero-order valence-electron chi connectivity index (χ0n) is 10.1. The number of nitrogens with one attached hydrogen (secondary N) is 2. The van der Waals surface area contributed by atoms with Crippen LogP contribution in [0.25, 0.3) is 0 Å². The van der Waals surface area contributed by atoms with Crippen LogP contribution in [0.15, 0.2) is 34.9 Å². The summed E-state index contributed by atoms with van der Waals surface area (Å²) in [6, 6.07) is 8.84. The molecule has 6 nitrogen and oxygen atoms in total. The highest BCUT2D eigenvalue weighted by Crippen LogP contribution is 2.20. The number of carbonyl (C=O) groups excluding carboxylic acids is 1. The number of aromatic nitrogens is 2. The molecule has 4 N–H and O–H groups in total. The van der Waals surface area contributed by atoms with Crippen LogP contribution in [0.4, 0.5) is 23.1 Å². The van der Waals surface area contributed by atoms with Gasteiger partial charge < -0.3 is 16.4 Å². The molecular formula is C12H12BrN5O. The van der Waals surface area contributed by atoms with Crippen LogP contribution in [-0.4, -0.2) is 15.9 Å². The molecule has 0 fully saturated rings. The fraction of sp³-hybridized carbons (Fsp3) is 0.0833. The van der Waals surface area contributed by atoms with Crippen LogP contribution >= 0.6 is 15.9 Å². The lowest BCUT2D eigenvalue weighted by atomic mass is 10.3. The van der Waals surface area contributed by atoms with Crippen molar-refractivity contribution in [2.45, 2.75) is 6.92 Å². The predicted molar refractivity (Wildman–Crippen MR) is 78.2 cm³/mol. The zero-order valence-corrected chi connectivity index (χ0v) is 11.7. The maximum atomic E-state index is 11.0. The smallest absolute Gasteiger partial charge is 0.230 e.